The third kappa shape index (κ3) is 4.86. The summed E-state index contributed by atoms with van der Waals surface area (Å²) in [5.41, 5.74) is 9.54. The highest BCUT2D eigenvalue weighted by molar-refractivity contribution is 5.97. The van der Waals surface area contributed by atoms with Crippen LogP contribution in [0.4, 0.5) is 24.5 Å². The van der Waals surface area contributed by atoms with Crippen LogP contribution in [0.1, 0.15) is 41.5 Å². The molecule has 2 aliphatic rings. The van der Waals surface area contributed by atoms with E-state index in [1.54, 1.807) is 0 Å². The van der Waals surface area contributed by atoms with Crippen molar-refractivity contribution in [3.8, 4) is 17.2 Å². The first kappa shape index (κ1) is 26.7. The Morgan fingerprint density at radius 1 is 1.05 bits per heavy atom. The van der Waals surface area contributed by atoms with Crippen LogP contribution in [0.2, 0.25) is 0 Å². The lowest BCUT2D eigenvalue weighted by molar-refractivity contribution is -0.137. The second-order valence-electron chi connectivity index (χ2n) is 10.2. The van der Waals surface area contributed by atoms with E-state index in [-0.39, 0.29) is 36.5 Å². The van der Waals surface area contributed by atoms with Crippen molar-refractivity contribution in [3.63, 3.8) is 0 Å². The summed E-state index contributed by atoms with van der Waals surface area (Å²) < 4.78 is 39.5. The first-order valence-electron chi connectivity index (χ1n) is 12.9. The molecule has 0 aromatic heterocycles. The van der Waals surface area contributed by atoms with E-state index in [1.807, 2.05) is 52.3 Å². The molecule has 9 heteroatoms. The average molecular weight is 535 g/mol. The van der Waals surface area contributed by atoms with Crippen LogP contribution in [0.15, 0.2) is 60.7 Å². The number of benzene rings is 3. The number of amides is 1. The molecule has 3 N–H and O–H groups in total. The van der Waals surface area contributed by atoms with Crippen LogP contribution in [0.3, 0.4) is 0 Å². The SMILES string of the molecule is N#Cc1cc(C(F)(F)F)ccc1N1CCC2(CC1)CN(C(=O)CCN)c1cc(-c3ccccc3CO)ccc12. The van der Waals surface area contributed by atoms with E-state index in [2.05, 4.69) is 6.07 Å². The fourth-order valence-electron chi connectivity index (χ4n) is 5.95. The molecule has 0 unspecified atom stereocenters. The van der Waals surface area contributed by atoms with E-state index >= 15 is 0 Å². The fraction of sp³-hybridized carbons (Fsp3) is 0.333. The first-order chi connectivity index (χ1) is 18.7. The molecular formula is C30H29F3N4O2. The minimum Gasteiger partial charge on any atom is -0.392 e. The van der Waals surface area contributed by atoms with Crippen molar-refractivity contribution in [1.29, 1.82) is 5.26 Å². The van der Waals surface area contributed by atoms with Crippen LogP contribution in [0.25, 0.3) is 11.1 Å². The van der Waals surface area contributed by atoms with E-state index in [9.17, 15) is 28.3 Å². The van der Waals surface area contributed by atoms with Crippen molar-refractivity contribution in [2.75, 3.05) is 36.0 Å². The standard InChI is InChI=1S/C30H29F3N4O2/c31-30(32,33)23-6-8-26(22(15-23)17-35)36-13-10-29(11-14-36)19-37(28(39)9-12-34)27-16-20(5-7-25(27)29)24-4-2-1-3-21(24)18-38/h1-8,15-16,38H,9-14,18-19,34H2. The Balaban J connectivity index is 1.47. The highest BCUT2D eigenvalue weighted by Gasteiger charge is 2.46. The summed E-state index contributed by atoms with van der Waals surface area (Å²) in [6.45, 7) is 1.71. The zero-order valence-electron chi connectivity index (χ0n) is 21.3. The summed E-state index contributed by atoms with van der Waals surface area (Å²) in [6, 6.07) is 18.9. The summed E-state index contributed by atoms with van der Waals surface area (Å²) in [6.07, 6.45) is -2.95. The molecule has 2 heterocycles. The number of nitriles is 1. The zero-order valence-corrected chi connectivity index (χ0v) is 21.3. The second kappa shape index (κ2) is 10.4. The molecule has 1 fully saturated rings. The van der Waals surface area contributed by atoms with Gasteiger partial charge in [-0.1, -0.05) is 36.4 Å². The molecule has 0 radical (unpaired) electrons. The van der Waals surface area contributed by atoms with Gasteiger partial charge in [-0.25, -0.2) is 0 Å². The van der Waals surface area contributed by atoms with Gasteiger partial charge in [-0.15, -0.1) is 0 Å². The van der Waals surface area contributed by atoms with Gasteiger partial charge >= 0.3 is 6.18 Å². The van der Waals surface area contributed by atoms with Crippen LogP contribution in [0.5, 0.6) is 0 Å². The number of aliphatic hydroxyl groups excluding tert-OH is 1. The predicted octanol–water partition coefficient (Wildman–Crippen LogP) is 4.97. The molecule has 3 aromatic carbocycles. The minimum absolute atomic E-state index is 0.000428. The summed E-state index contributed by atoms with van der Waals surface area (Å²) in [5, 5.41) is 19.4. The summed E-state index contributed by atoms with van der Waals surface area (Å²) in [5.74, 6) is -0.0554. The summed E-state index contributed by atoms with van der Waals surface area (Å²) >= 11 is 0. The number of nitrogens with zero attached hydrogens (tertiary/aromatic N) is 3. The van der Waals surface area contributed by atoms with Crippen LogP contribution in [0, 0.1) is 11.3 Å². The van der Waals surface area contributed by atoms with Crippen LogP contribution in [-0.2, 0) is 23.0 Å². The number of alkyl halides is 3. The molecule has 202 valence electrons. The van der Waals surface area contributed by atoms with Crippen molar-refractivity contribution >= 4 is 17.3 Å². The Bertz CT molecular complexity index is 1440. The number of fused-ring (bicyclic) bond motifs is 2. The van der Waals surface area contributed by atoms with Crippen molar-refractivity contribution in [3.05, 3.63) is 82.9 Å². The normalized spacial score (nSPS) is 16.3. The molecule has 0 atom stereocenters. The maximum absolute atomic E-state index is 13.2. The van der Waals surface area contributed by atoms with Crippen LogP contribution < -0.4 is 15.5 Å². The van der Waals surface area contributed by atoms with Gasteiger partial charge in [0.15, 0.2) is 0 Å². The number of aliphatic hydroxyl groups is 1. The van der Waals surface area contributed by atoms with E-state index in [0.29, 0.717) is 38.2 Å². The Morgan fingerprint density at radius 2 is 1.79 bits per heavy atom. The van der Waals surface area contributed by atoms with Crippen LogP contribution in [-0.4, -0.2) is 37.2 Å². The van der Waals surface area contributed by atoms with Crippen molar-refractivity contribution < 1.29 is 23.1 Å². The smallest absolute Gasteiger partial charge is 0.392 e. The summed E-state index contributed by atoms with van der Waals surface area (Å²) in [7, 11) is 0. The van der Waals surface area contributed by atoms with Gasteiger partial charge in [0.1, 0.15) is 6.07 Å². The molecule has 1 saturated heterocycles. The Labute approximate surface area is 225 Å². The van der Waals surface area contributed by atoms with Gasteiger partial charge in [0.25, 0.3) is 0 Å². The number of carbonyl (C=O) groups is 1. The number of nitrogens with two attached hydrogens (primary N) is 1. The van der Waals surface area contributed by atoms with Crippen molar-refractivity contribution in [1.82, 2.24) is 0 Å². The number of halogens is 3. The Kier molecular flexibility index (Phi) is 7.10. The van der Waals surface area contributed by atoms with Crippen LogP contribution >= 0.6 is 0 Å². The lowest BCUT2D eigenvalue weighted by Crippen LogP contribution is -2.46. The van der Waals surface area contributed by atoms with Gasteiger partial charge in [0, 0.05) is 43.7 Å². The fourth-order valence-corrected chi connectivity index (χ4v) is 5.95. The highest BCUT2D eigenvalue weighted by Crippen LogP contribution is 2.49. The third-order valence-electron chi connectivity index (χ3n) is 7.98. The predicted molar refractivity (Wildman–Crippen MR) is 143 cm³/mol. The molecule has 0 bridgehead atoms. The maximum atomic E-state index is 13.2. The highest BCUT2D eigenvalue weighted by atomic mass is 19.4. The van der Waals surface area contributed by atoms with Gasteiger partial charge < -0.3 is 20.6 Å². The van der Waals surface area contributed by atoms with Crippen molar-refractivity contribution in [2.45, 2.75) is 37.5 Å². The lowest BCUT2D eigenvalue weighted by Gasteiger charge is -2.41. The van der Waals surface area contributed by atoms with Gasteiger partial charge in [0.05, 0.1) is 23.4 Å². The number of hydrogen-bond donors (Lipinski definition) is 2. The largest absolute Gasteiger partial charge is 0.416 e. The molecule has 0 saturated carbocycles. The number of rotatable bonds is 5. The van der Waals surface area contributed by atoms with Gasteiger partial charge in [-0.05, 0) is 59.4 Å². The van der Waals surface area contributed by atoms with E-state index in [4.69, 9.17) is 5.73 Å². The molecule has 1 spiro atoms. The average Bonchev–Trinajstić information content (AvgIpc) is 3.26. The second-order valence-corrected chi connectivity index (χ2v) is 10.2. The molecular weight excluding hydrogens is 505 g/mol. The molecule has 2 aliphatic heterocycles. The third-order valence-corrected chi connectivity index (χ3v) is 7.98. The number of hydrogen-bond acceptors (Lipinski definition) is 5. The van der Waals surface area contributed by atoms with Gasteiger partial charge in [0.2, 0.25) is 5.91 Å². The lowest BCUT2D eigenvalue weighted by atomic mass is 9.74. The molecule has 6 nitrogen and oxygen atoms in total. The van der Waals surface area contributed by atoms with Gasteiger partial charge in [-0.3, -0.25) is 4.79 Å². The molecule has 5 rings (SSSR count). The van der Waals surface area contributed by atoms with E-state index in [0.717, 1.165) is 40.1 Å². The number of piperidine rings is 1. The minimum atomic E-state index is -4.51. The number of anilines is 2. The zero-order chi connectivity index (χ0) is 27.8. The quantitative estimate of drug-likeness (QED) is 0.482. The Hall–Kier alpha value is -3.87. The van der Waals surface area contributed by atoms with Gasteiger partial charge in [-0.2, -0.15) is 18.4 Å². The summed E-state index contributed by atoms with van der Waals surface area (Å²) in [4.78, 5) is 16.9. The topological polar surface area (TPSA) is 93.6 Å². The first-order valence-corrected chi connectivity index (χ1v) is 12.9. The Morgan fingerprint density at radius 3 is 2.46 bits per heavy atom. The monoisotopic (exact) mass is 534 g/mol. The van der Waals surface area contributed by atoms with Crippen molar-refractivity contribution in [2.24, 2.45) is 5.73 Å². The molecule has 39 heavy (non-hydrogen) atoms. The van der Waals surface area contributed by atoms with E-state index < -0.39 is 11.7 Å². The molecule has 0 aliphatic carbocycles. The molecule has 3 aromatic rings. The number of carbonyl (C=O) groups excluding carboxylic acids is 1. The van der Waals surface area contributed by atoms with E-state index in [1.165, 1.54) is 6.07 Å². The maximum Gasteiger partial charge on any atom is 0.416 e. The molecule has 1 amide bonds.